The molecule has 1 aromatic carbocycles. The van der Waals surface area contributed by atoms with Crippen LogP contribution in [0.25, 0.3) is 0 Å². The van der Waals surface area contributed by atoms with Crippen LogP contribution in [0.5, 0.6) is 0 Å². The van der Waals surface area contributed by atoms with Crippen LogP contribution in [-0.4, -0.2) is 18.3 Å². The van der Waals surface area contributed by atoms with Crippen molar-refractivity contribution in [2.45, 2.75) is 19.4 Å². The minimum atomic E-state index is -0.530. The summed E-state index contributed by atoms with van der Waals surface area (Å²) in [6.45, 7) is 2.49. The van der Waals surface area contributed by atoms with Gasteiger partial charge < -0.3 is 9.84 Å². The van der Waals surface area contributed by atoms with Crippen LogP contribution >= 0.6 is 0 Å². The van der Waals surface area contributed by atoms with Gasteiger partial charge in [0.1, 0.15) is 0 Å². The fraction of sp³-hybridized carbons (Fsp3) is 0.417. The molecule has 0 bridgehead atoms. The number of aliphatic hydroxyl groups is 1. The number of rotatable bonds is 5. The highest BCUT2D eigenvalue weighted by molar-refractivity contribution is 5.26. The highest BCUT2D eigenvalue weighted by Gasteiger charge is 2.09. The number of nitriles is 1. The molecule has 0 radical (unpaired) electrons. The SMILES string of the molecule is Cc1ccc(C(C#N)OCCCO)cc1. The largest absolute Gasteiger partial charge is 0.396 e. The normalized spacial score (nSPS) is 12.1. The molecule has 0 saturated carbocycles. The fourth-order valence-corrected chi connectivity index (χ4v) is 1.22. The molecule has 1 atom stereocenters. The predicted molar refractivity (Wildman–Crippen MR) is 57.2 cm³/mol. The number of benzene rings is 1. The molecule has 0 saturated heterocycles. The fourth-order valence-electron chi connectivity index (χ4n) is 1.22. The Labute approximate surface area is 89.9 Å². The second kappa shape index (κ2) is 6.18. The summed E-state index contributed by atoms with van der Waals surface area (Å²) in [5.74, 6) is 0. The van der Waals surface area contributed by atoms with Gasteiger partial charge >= 0.3 is 0 Å². The topological polar surface area (TPSA) is 53.2 Å². The summed E-state index contributed by atoms with van der Waals surface area (Å²) in [5, 5.41) is 17.5. The monoisotopic (exact) mass is 205 g/mol. The second-order valence-electron chi connectivity index (χ2n) is 3.37. The molecular formula is C12H15NO2. The number of nitrogens with zero attached hydrogens (tertiary/aromatic N) is 1. The van der Waals surface area contributed by atoms with E-state index in [0.717, 1.165) is 11.1 Å². The molecule has 0 fully saturated rings. The first kappa shape index (κ1) is 11.7. The third-order valence-corrected chi connectivity index (χ3v) is 2.08. The van der Waals surface area contributed by atoms with Crippen molar-refractivity contribution in [1.82, 2.24) is 0 Å². The molecule has 0 aliphatic heterocycles. The van der Waals surface area contributed by atoms with Gasteiger partial charge in [-0.3, -0.25) is 0 Å². The van der Waals surface area contributed by atoms with E-state index in [9.17, 15) is 0 Å². The summed E-state index contributed by atoms with van der Waals surface area (Å²) in [6.07, 6.45) is 0.0291. The van der Waals surface area contributed by atoms with Gasteiger partial charge in [-0.25, -0.2) is 0 Å². The molecule has 0 aromatic heterocycles. The lowest BCUT2D eigenvalue weighted by Gasteiger charge is -2.10. The van der Waals surface area contributed by atoms with E-state index in [1.54, 1.807) is 0 Å². The van der Waals surface area contributed by atoms with Crippen LogP contribution in [0, 0.1) is 18.3 Å². The van der Waals surface area contributed by atoms with Gasteiger partial charge in [0.2, 0.25) is 0 Å². The van der Waals surface area contributed by atoms with Crippen LogP contribution < -0.4 is 0 Å². The van der Waals surface area contributed by atoms with Crippen molar-refractivity contribution in [2.75, 3.05) is 13.2 Å². The average Bonchev–Trinajstić information content (AvgIpc) is 2.26. The Hall–Kier alpha value is -1.37. The van der Waals surface area contributed by atoms with Gasteiger partial charge in [0.05, 0.1) is 12.7 Å². The van der Waals surface area contributed by atoms with Crippen molar-refractivity contribution in [2.24, 2.45) is 0 Å². The molecule has 1 unspecified atom stereocenters. The molecule has 0 spiro atoms. The van der Waals surface area contributed by atoms with Gasteiger partial charge in [0.25, 0.3) is 0 Å². The van der Waals surface area contributed by atoms with Gasteiger partial charge in [-0.05, 0) is 18.9 Å². The first-order valence-electron chi connectivity index (χ1n) is 4.96. The lowest BCUT2D eigenvalue weighted by atomic mass is 10.1. The van der Waals surface area contributed by atoms with E-state index in [0.29, 0.717) is 13.0 Å². The Balaban J connectivity index is 2.59. The van der Waals surface area contributed by atoms with Gasteiger partial charge in [0.15, 0.2) is 6.10 Å². The smallest absolute Gasteiger partial charge is 0.169 e. The predicted octanol–water partition coefficient (Wildman–Crippen LogP) is 1.96. The van der Waals surface area contributed by atoms with Crippen LogP contribution in [0.2, 0.25) is 0 Å². The molecule has 1 N–H and O–H groups in total. The van der Waals surface area contributed by atoms with E-state index in [-0.39, 0.29) is 6.61 Å². The molecule has 3 heteroatoms. The van der Waals surface area contributed by atoms with Gasteiger partial charge in [-0.15, -0.1) is 0 Å². The molecule has 0 heterocycles. The molecule has 0 aliphatic rings. The third kappa shape index (κ3) is 3.70. The van der Waals surface area contributed by atoms with Crippen LogP contribution in [0.4, 0.5) is 0 Å². The maximum atomic E-state index is 8.91. The zero-order valence-electron chi connectivity index (χ0n) is 8.81. The number of ether oxygens (including phenoxy) is 1. The second-order valence-corrected chi connectivity index (χ2v) is 3.37. The van der Waals surface area contributed by atoms with Crippen LogP contribution in [0.15, 0.2) is 24.3 Å². The van der Waals surface area contributed by atoms with E-state index in [2.05, 4.69) is 6.07 Å². The quantitative estimate of drug-likeness (QED) is 0.747. The summed E-state index contributed by atoms with van der Waals surface area (Å²) in [4.78, 5) is 0. The highest BCUT2D eigenvalue weighted by Crippen LogP contribution is 2.17. The van der Waals surface area contributed by atoms with Crippen LogP contribution in [0.3, 0.4) is 0 Å². The maximum Gasteiger partial charge on any atom is 0.169 e. The van der Waals surface area contributed by atoms with Crippen molar-refractivity contribution in [3.05, 3.63) is 35.4 Å². The molecule has 1 aromatic rings. The van der Waals surface area contributed by atoms with E-state index in [1.165, 1.54) is 0 Å². The standard InChI is InChI=1S/C12H15NO2/c1-10-3-5-11(6-4-10)12(9-13)15-8-2-7-14/h3-6,12,14H,2,7-8H2,1H3. The Morgan fingerprint density at radius 2 is 2.07 bits per heavy atom. The minimum absolute atomic E-state index is 0.0893. The first-order valence-corrected chi connectivity index (χ1v) is 4.96. The molecule has 15 heavy (non-hydrogen) atoms. The summed E-state index contributed by atoms with van der Waals surface area (Å²) in [7, 11) is 0. The maximum absolute atomic E-state index is 8.91. The van der Waals surface area contributed by atoms with Gasteiger partial charge in [-0.2, -0.15) is 5.26 Å². The summed E-state index contributed by atoms with van der Waals surface area (Å²) in [6, 6.07) is 9.78. The minimum Gasteiger partial charge on any atom is -0.396 e. The Bertz CT molecular complexity index is 326. The molecule has 0 aliphatic carbocycles. The Morgan fingerprint density at radius 1 is 1.40 bits per heavy atom. The van der Waals surface area contributed by atoms with E-state index >= 15 is 0 Å². The van der Waals surface area contributed by atoms with Crippen molar-refractivity contribution in [3.63, 3.8) is 0 Å². The summed E-state index contributed by atoms with van der Waals surface area (Å²) >= 11 is 0. The van der Waals surface area contributed by atoms with E-state index < -0.39 is 6.10 Å². The lowest BCUT2D eigenvalue weighted by molar-refractivity contribution is 0.0774. The molecule has 80 valence electrons. The number of hydrogen-bond donors (Lipinski definition) is 1. The third-order valence-electron chi connectivity index (χ3n) is 2.08. The molecular weight excluding hydrogens is 190 g/mol. The van der Waals surface area contributed by atoms with Crippen molar-refractivity contribution in [3.8, 4) is 6.07 Å². The van der Waals surface area contributed by atoms with Gasteiger partial charge in [0, 0.05) is 6.61 Å². The van der Waals surface area contributed by atoms with Crippen molar-refractivity contribution < 1.29 is 9.84 Å². The highest BCUT2D eigenvalue weighted by atomic mass is 16.5. The number of aliphatic hydroxyl groups excluding tert-OH is 1. The van der Waals surface area contributed by atoms with Crippen molar-refractivity contribution in [1.29, 1.82) is 5.26 Å². The van der Waals surface area contributed by atoms with E-state index in [1.807, 2.05) is 31.2 Å². The number of aryl methyl sites for hydroxylation is 1. The van der Waals surface area contributed by atoms with Crippen LogP contribution in [-0.2, 0) is 4.74 Å². The Kier molecular flexibility index (Phi) is 4.82. The molecule has 0 amide bonds. The number of hydrogen-bond acceptors (Lipinski definition) is 3. The zero-order valence-corrected chi connectivity index (χ0v) is 8.81. The lowest BCUT2D eigenvalue weighted by Crippen LogP contribution is -2.04. The summed E-state index contributed by atoms with van der Waals surface area (Å²) < 4.78 is 5.34. The molecule has 1 rings (SSSR count). The summed E-state index contributed by atoms with van der Waals surface area (Å²) in [5.41, 5.74) is 2.02. The first-order chi connectivity index (χ1) is 7.27. The zero-order chi connectivity index (χ0) is 11.1. The Morgan fingerprint density at radius 3 is 2.60 bits per heavy atom. The average molecular weight is 205 g/mol. The molecule has 3 nitrogen and oxygen atoms in total. The van der Waals surface area contributed by atoms with Crippen LogP contribution in [0.1, 0.15) is 23.7 Å². The van der Waals surface area contributed by atoms with Gasteiger partial charge in [-0.1, -0.05) is 29.8 Å². The van der Waals surface area contributed by atoms with E-state index in [4.69, 9.17) is 15.1 Å². The van der Waals surface area contributed by atoms with Crippen molar-refractivity contribution >= 4 is 0 Å².